The maximum absolute atomic E-state index is 13.2. The van der Waals surface area contributed by atoms with Crippen molar-refractivity contribution >= 4 is 22.2 Å². The minimum absolute atomic E-state index is 0.0367. The Morgan fingerprint density at radius 3 is 2.40 bits per heavy atom. The SMILES string of the molecule is CS(=O)CCNc1c(F)cc(N)cc1F. The van der Waals surface area contributed by atoms with Gasteiger partial charge in [0.25, 0.3) is 0 Å². The molecule has 0 aliphatic carbocycles. The van der Waals surface area contributed by atoms with E-state index in [9.17, 15) is 13.0 Å². The van der Waals surface area contributed by atoms with Crippen molar-refractivity contribution in [2.75, 3.05) is 29.6 Å². The number of benzene rings is 1. The fourth-order valence-electron chi connectivity index (χ4n) is 1.08. The second-order valence-corrected chi connectivity index (χ2v) is 4.62. The molecule has 1 atom stereocenters. The van der Waals surface area contributed by atoms with Gasteiger partial charge in [0.15, 0.2) is 11.6 Å². The van der Waals surface area contributed by atoms with Crippen LogP contribution in [-0.4, -0.2) is 22.8 Å². The first-order valence-electron chi connectivity index (χ1n) is 4.29. The van der Waals surface area contributed by atoms with E-state index in [1.165, 1.54) is 6.26 Å². The van der Waals surface area contributed by atoms with E-state index >= 15 is 0 Å². The predicted octanol–water partition coefficient (Wildman–Crippen LogP) is 1.34. The van der Waals surface area contributed by atoms with Crippen LogP contribution >= 0.6 is 0 Å². The van der Waals surface area contributed by atoms with Crippen LogP contribution in [0.4, 0.5) is 20.2 Å². The van der Waals surface area contributed by atoms with Crippen molar-refractivity contribution in [2.24, 2.45) is 0 Å². The first-order chi connectivity index (χ1) is 7.00. The summed E-state index contributed by atoms with van der Waals surface area (Å²) in [5.74, 6) is -1.15. The predicted molar refractivity (Wildman–Crippen MR) is 58.2 cm³/mol. The molecule has 0 radical (unpaired) electrons. The lowest BCUT2D eigenvalue weighted by molar-refractivity contribution is 0.589. The summed E-state index contributed by atoms with van der Waals surface area (Å²) in [6.45, 7) is 0.251. The van der Waals surface area contributed by atoms with E-state index in [1.807, 2.05) is 0 Å². The number of nitrogen functional groups attached to an aromatic ring is 1. The number of nitrogens with one attached hydrogen (secondary N) is 1. The molecule has 0 aromatic heterocycles. The molecule has 1 aromatic rings. The third kappa shape index (κ3) is 3.47. The monoisotopic (exact) mass is 234 g/mol. The summed E-state index contributed by atoms with van der Waals surface area (Å²) in [7, 11) is -0.989. The maximum Gasteiger partial charge on any atom is 0.151 e. The van der Waals surface area contributed by atoms with Gasteiger partial charge in [0.1, 0.15) is 5.69 Å². The van der Waals surface area contributed by atoms with Crippen molar-refractivity contribution in [3.8, 4) is 0 Å². The van der Waals surface area contributed by atoms with Crippen molar-refractivity contribution in [2.45, 2.75) is 0 Å². The molecule has 84 valence electrons. The van der Waals surface area contributed by atoms with Gasteiger partial charge < -0.3 is 11.1 Å². The molecule has 0 aliphatic heterocycles. The highest BCUT2D eigenvalue weighted by Gasteiger charge is 2.09. The Morgan fingerprint density at radius 2 is 1.93 bits per heavy atom. The number of rotatable bonds is 4. The van der Waals surface area contributed by atoms with Crippen molar-refractivity contribution in [3.05, 3.63) is 23.8 Å². The third-order valence-corrected chi connectivity index (χ3v) is 2.53. The van der Waals surface area contributed by atoms with Crippen LogP contribution in [0, 0.1) is 11.6 Å². The van der Waals surface area contributed by atoms with Crippen LogP contribution in [0.5, 0.6) is 0 Å². The molecule has 0 saturated heterocycles. The maximum atomic E-state index is 13.2. The summed E-state index contributed by atoms with van der Waals surface area (Å²) in [6.07, 6.45) is 1.53. The summed E-state index contributed by atoms with van der Waals surface area (Å²) >= 11 is 0. The van der Waals surface area contributed by atoms with Crippen molar-refractivity contribution in [1.82, 2.24) is 0 Å². The zero-order valence-corrected chi connectivity index (χ0v) is 9.04. The molecule has 0 bridgehead atoms. The van der Waals surface area contributed by atoms with Gasteiger partial charge in [0, 0.05) is 35.0 Å². The lowest BCUT2D eigenvalue weighted by Crippen LogP contribution is -2.12. The van der Waals surface area contributed by atoms with E-state index in [0.717, 1.165) is 12.1 Å². The molecular formula is C9H12F2N2OS. The fourth-order valence-corrected chi connectivity index (χ4v) is 1.47. The zero-order chi connectivity index (χ0) is 11.4. The van der Waals surface area contributed by atoms with Crippen LogP contribution < -0.4 is 11.1 Å². The molecule has 1 unspecified atom stereocenters. The van der Waals surface area contributed by atoms with Crippen LogP contribution in [0.25, 0.3) is 0 Å². The minimum atomic E-state index is -0.989. The topological polar surface area (TPSA) is 55.1 Å². The zero-order valence-electron chi connectivity index (χ0n) is 8.22. The molecule has 0 heterocycles. The molecule has 6 heteroatoms. The van der Waals surface area contributed by atoms with Crippen molar-refractivity contribution < 1.29 is 13.0 Å². The molecule has 1 rings (SSSR count). The molecule has 0 spiro atoms. The highest BCUT2D eigenvalue weighted by atomic mass is 32.2. The van der Waals surface area contributed by atoms with Crippen molar-refractivity contribution in [1.29, 1.82) is 0 Å². The first kappa shape index (κ1) is 11.9. The summed E-state index contributed by atoms with van der Waals surface area (Å²) in [4.78, 5) is 0. The van der Waals surface area contributed by atoms with E-state index in [0.29, 0.717) is 5.75 Å². The minimum Gasteiger partial charge on any atom is -0.399 e. The van der Waals surface area contributed by atoms with Crippen LogP contribution in [0.2, 0.25) is 0 Å². The van der Waals surface area contributed by atoms with E-state index in [-0.39, 0.29) is 17.9 Å². The number of hydrogen-bond acceptors (Lipinski definition) is 3. The number of anilines is 2. The average Bonchev–Trinajstić information content (AvgIpc) is 2.08. The molecule has 0 saturated carbocycles. The summed E-state index contributed by atoms with van der Waals surface area (Å²) in [6, 6.07) is 2.07. The van der Waals surface area contributed by atoms with Crippen LogP contribution in [0.3, 0.4) is 0 Å². The standard InChI is InChI=1S/C9H12F2N2OS/c1-15(14)3-2-13-9-7(10)4-6(12)5-8(9)11/h4-5,13H,2-3,12H2,1H3. The highest BCUT2D eigenvalue weighted by Crippen LogP contribution is 2.21. The highest BCUT2D eigenvalue weighted by molar-refractivity contribution is 7.84. The Morgan fingerprint density at radius 1 is 1.40 bits per heavy atom. The van der Waals surface area contributed by atoms with Crippen LogP contribution in [-0.2, 0) is 10.8 Å². The number of nitrogens with two attached hydrogens (primary N) is 1. The van der Waals surface area contributed by atoms with Crippen LogP contribution in [0.1, 0.15) is 0 Å². The van der Waals surface area contributed by atoms with Gasteiger partial charge in [-0.05, 0) is 12.1 Å². The van der Waals surface area contributed by atoms with Gasteiger partial charge in [0.05, 0.1) is 0 Å². The van der Waals surface area contributed by atoms with Gasteiger partial charge in [-0.2, -0.15) is 0 Å². The van der Waals surface area contributed by atoms with E-state index in [4.69, 9.17) is 5.73 Å². The number of halogens is 2. The van der Waals surface area contributed by atoms with Gasteiger partial charge >= 0.3 is 0 Å². The Balaban J connectivity index is 2.72. The molecule has 3 N–H and O–H groups in total. The van der Waals surface area contributed by atoms with E-state index in [2.05, 4.69) is 5.32 Å². The number of hydrogen-bond donors (Lipinski definition) is 2. The largest absolute Gasteiger partial charge is 0.399 e. The van der Waals surface area contributed by atoms with Crippen LogP contribution in [0.15, 0.2) is 12.1 Å². The molecule has 1 aromatic carbocycles. The van der Waals surface area contributed by atoms with Gasteiger partial charge in [0.2, 0.25) is 0 Å². The van der Waals surface area contributed by atoms with Gasteiger partial charge in [-0.15, -0.1) is 0 Å². The Bertz CT molecular complexity index is 361. The smallest absolute Gasteiger partial charge is 0.151 e. The van der Waals surface area contributed by atoms with Gasteiger partial charge in [-0.3, -0.25) is 4.21 Å². The quantitative estimate of drug-likeness (QED) is 0.773. The van der Waals surface area contributed by atoms with E-state index < -0.39 is 22.4 Å². The fraction of sp³-hybridized carbons (Fsp3) is 0.333. The molecule has 0 aliphatic rings. The molecular weight excluding hydrogens is 222 g/mol. The van der Waals surface area contributed by atoms with Gasteiger partial charge in [-0.25, -0.2) is 8.78 Å². The normalized spacial score (nSPS) is 12.5. The molecule has 0 fully saturated rings. The molecule has 0 amide bonds. The summed E-state index contributed by atoms with van der Waals surface area (Å²) in [5.41, 5.74) is 5.06. The lowest BCUT2D eigenvalue weighted by Gasteiger charge is -2.08. The molecule has 15 heavy (non-hydrogen) atoms. The van der Waals surface area contributed by atoms with Gasteiger partial charge in [-0.1, -0.05) is 0 Å². The summed E-state index contributed by atoms with van der Waals surface area (Å²) < 4.78 is 37.1. The average molecular weight is 234 g/mol. The first-order valence-corrected chi connectivity index (χ1v) is 6.02. The second kappa shape index (κ2) is 5.06. The van der Waals surface area contributed by atoms with E-state index in [1.54, 1.807) is 0 Å². The Hall–Kier alpha value is -1.17. The Labute approximate surface area is 89.1 Å². The Kier molecular flexibility index (Phi) is 4.02. The molecule has 3 nitrogen and oxygen atoms in total. The van der Waals surface area contributed by atoms with Crippen molar-refractivity contribution in [3.63, 3.8) is 0 Å². The third-order valence-electron chi connectivity index (χ3n) is 1.76. The lowest BCUT2D eigenvalue weighted by atomic mass is 10.2. The summed E-state index contributed by atoms with van der Waals surface area (Å²) in [5, 5.41) is 2.54. The second-order valence-electron chi connectivity index (χ2n) is 3.06.